The van der Waals surface area contributed by atoms with Crippen LogP contribution in [-0.2, 0) is 11.3 Å². The van der Waals surface area contributed by atoms with Crippen LogP contribution >= 0.6 is 0 Å². The van der Waals surface area contributed by atoms with Gasteiger partial charge in [-0.15, -0.1) is 0 Å². The lowest BCUT2D eigenvalue weighted by Crippen LogP contribution is -2.38. The molecule has 138 valence electrons. The minimum atomic E-state index is 0.353. The van der Waals surface area contributed by atoms with Crippen molar-refractivity contribution in [2.45, 2.75) is 63.8 Å². The van der Waals surface area contributed by atoms with Gasteiger partial charge in [0.15, 0.2) is 0 Å². The summed E-state index contributed by atoms with van der Waals surface area (Å²) in [6.45, 7) is 6.21. The van der Waals surface area contributed by atoms with E-state index in [4.69, 9.17) is 4.98 Å². The molecule has 1 amide bonds. The normalized spacial score (nSPS) is 25.3. The number of hydrogen-bond donors (Lipinski definition) is 0. The number of carbonyl (C=O) groups excluding carboxylic acids is 1. The molecule has 4 rings (SSSR count). The van der Waals surface area contributed by atoms with Crippen molar-refractivity contribution in [1.29, 1.82) is 0 Å². The molecule has 3 fully saturated rings. The molecule has 2 aliphatic heterocycles. The second kappa shape index (κ2) is 7.90. The lowest BCUT2D eigenvalue weighted by molar-refractivity contribution is -0.130. The van der Waals surface area contributed by atoms with Crippen LogP contribution in [0.5, 0.6) is 0 Å². The standard InChI is InChI=1S/C20H32N4O/c25-19(23-11-1-2-12-23)8-13-22-10-4-7-18(16-22)20-21-9-14-24(20)15-17-5-3-6-17/h9,14,17-18H,1-8,10-13,15-16H2/t18-/m0/s1. The van der Waals surface area contributed by atoms with Gasteiger partial charge in [-0.1, -0.05) is 6.42 Å². The van der Waals surface area contributed by atoms with Crippen molar-refractivity contribution >= 4 is 5.91 Å². The van der Waals surface area contributed by atoms with Crippen LogP contribution in [0.2, 0.25) is 0 Å². The summed E-state index contributed by atoms with van der Waals surface area (Å²) in [5.74, 6) is 3.03. The van der Waals surface area contributed by atoms with Gasteiger partial charge < -0.3 is 14.4 Å². The molecule has 2 saturated heterocycles. The van der Waals surface area contributed by atoms with Gasteiger partial charge >= 0.3 is 0 Å². The smallest absolute Gasteiger partial charge is 0.223 e. The van der Waals surface area contributed by atoms with E-state index in [9.17, 15) is 4.79 Å². The van der Waals surface area contributed by atoms with E-state index in [0.717, 1.165) is 45.2 Å². The summed E-state index contributed by atoms with van der Waals surface area (Å²) in [5.41, 5.74) is 0. The summed E-state index contributed by atoms with van der Waals surface area (Å²) < 4.78 is 2.41. The van der Waals surface area contributed by atoms with E-state index < -0.39 is 0 Å². The van der Waals surface area contributed by atoms with E-state index in [2.05, 4.69) is 15.7 Å². The second-order valence-electron chi connectivity index (χ2n) is 8.21. The largest absolute Gasteiger partial charge is 0.343 e. The van der Waals surface area contributed by atoms with E-state index >= 15 is 0 Å². The Morgan fingerprint density at radius 3 is 2.68 bits per heavy atom. The molecule has 1 aromatic heterocycles. The predicted octanol–water partition coefficient (Wildman–Crippen LogP) is 2.88. The Bertz CT molecular complexity index is 574. The van der Waals surface area contributed by atoms with Crippen molar-refractivity contribution in [3.63, 3.8) is 0 Å². The molecule has 0 unspecified atom stereocenters. The molecular formula is C20H32N4O. The molecule has 0 spiro atoms. The first kappa shape index (κ1) is 17.1. The van der Waals surface area contributed by atoms with Gasteiger partial charge in [0.25, 0.3) is 0 Å². The highest BCUT2D eigenvalue weighted by molar-refractivity contribution is 5.76. The zero-order chi connectivity index (χ0) is 17.1. The molecule has 1 aliphatic carbocycles. The number of carbonyl (C=O) groups is 1. The molecule has 5 heteroatoms. The van der Waals surface area contributed by atoms with Gasteiger partial charge in [-0.05, 0) is 51.0 Å². The van der Waals surface area contributed by atoms with Crippen molar-refractivity contribution in [3.05, 3.63) is 18.2 Å². The lowest BCUT2D eigenvalue weighted by atomic mass is 9.85. The van der Waals surface area contributed by atoms with Gasteiger partial charge in [0, 0.05) is 57.5 Å². The molecule has 1 saturated carbocycles. The fourth-order valence-electron chi connectivity index (χ4n) is 4.64. The number of piperidine rings is 1. The fourth-order valence-corrected chi connectivity index (χ4v) is 4.64. The van der Waals surface area contributed by atoms with Crippen LogP contribution in [0.25, 0.3) is 0 Å². The molecule has 0 aromatic carbocycles. The van der Waals surface area contributed by atoms with Crippen molar-refractivity contribution in [2.24, 2.45) is 5.92 Å². The quantitative estimate of drug-likeness (QED) is 0.797. The van der Waals surface area contributed by atoms with Gasteiger partial charge in [-0.25, -0.2) is 4.98 Å². The molecule has 1 atom stereocenters. The van der Waals surface area contributed by atoms with E-state index in [1.54, 1.807) is 0 Å². The molecule has 0 N–H and O–H groups in total. The van der Waals surface area contributed by atoms with Crippen LogP contribution in [0, 0.1) is 5.92 Å². The lowest BCUT2D eigenvalue weighted by Gasteiger charge is -2.33. The summed E-state index contributed by atoms with van der Waals surface area (Å²) in [7, 11) is 0. The summed E-state index contributed by atoms with van der Waals surface area (Å²) in [5, 5.41) is 0. The zero-order valence-corrected chi connectivity index (χ0v) is 15.4. The minimum absolute atomic E-state index is 0.353. The van der Waals surface area contributed by atoms with E-state index in [-0.39, 0.29) is 0 Å². The molecule has 3 aliphatic rings. The molecule has 0 bridgehead atoms. The molecule has 3 heterocycles. The molecule has 5 nitrogen and oxygen atoms in total. The monoisotopic (exact) mass is 344 g/mol. The van der Waals surface area contributed by atoms with Crippen molar-refractivity contribution in [1.82, 2.24) is 19.4 Å². The third-order valence-corrected chi connectivity index (χ3v) is 6.40. The van der Waals surface area contributed by atoms with Crippen LogP contribution in [-0.4, -0.2) is 58.0 Å². The van der Waals surface area contributed by atoms with Gasteiger partial charge in [-0.2, -0.15) is 0 Å². The Kier molecular flexibility index (Phi) is 5.39. The molecule has 25 heavy (non-hydrogen) atoms. The third kappa shape index (κ3) is 4.08. The third-order valence-electron chi connectivity index (χ3n) is 6.40. The average molecular weight is 345 g/mol. The first-order valence-electron chi connectivity index (χ1n) is 10.3. The fraction of sp³-hybridized carbons (Fsp3) is 0.800. The second-order valence-corrected chi connectivity index (χ2v) is 8.21. The van der Waals surface area contributed by atoms with Gasteiger partial charge in [0.2, 0.25) is 5.91 Å². The first-order valence-corrected chi connectivity index (χ1v) is 10.3. The summed E-state index contributed by atoms with van der Waals surface area (Å²) in [6.07, 6.45) is 13.8. The number of rotatable bonds is 6. The van der Waals surface area contributed by atoms with Crippen LogP contribution in [0.1, 0.15) is 63.1 Å². The SMILES string of the molecule is O=C(CCN1CCC[C@H](c2nccn2CC2CCC2)C1)N1CCCC1. The van der Waals surface area contributed by atoms with Crippen LogP contribution < -0.4 is 0 Å². The highest BCUT2D eigenvalue weighted by atomic mass is 16.2. The maximum absolute atomic E-state index is 12.3. The van der Waals surface area contributed by atoms with Crippen molar-refractivity contribution in [2.75, 3.05) is 32.7 Å². The Morgan fingerprint density at radius 1 is 1.08 bits per heavy atom. The highest BCUT2D eigenvalue weighted by Gasteiger charge is 2.27. The zero-order valence-electron chi connectivity index (χ0n) is 15.4. The number of aromatic nitrogens is 2. The highest BCUT2D eigenvalue weighted by Crippen LogP contribution is 2.31. The summed E-state index contributed by atoms with van der Waals surface area (Å²) >= 11 is 0. The predicted molar refractivity (Wildman–Crippen MR) is 98.4 cm³/mol. The first-order chi connectivity index (χ1) is 12.3. The van der Waals surface area contributed by atoms with Crippen molar-refractivity contribution in [3.8, 4) is 0 Å². The Hall–Kier alpha value is -1.36. The molecule has 1 aromatic rings. The number of amides is 1. The minimum Gasteiger partial charge on any atom is -0.343 e. The summed E-state index contributed by atoms with van der Waals surface area (Å²) in [4.78, 5) is 21.5. The maximum atomic E-state index is 12.3. The maximum Gasteiger partial charge on any atom is 0.223 e. The molecular weight excluding hydrogens is 312 g/mol. The van der Waals surface area contributed by atoms with Gasteiger partial charge in [0.1, 0.15) is 5.82 Å². The Labute approximate surface area is 151 Å². The van der Waals surface area contributed by atoms with Crippen LogP contribution in [0.3, 0.4) is 0 Å². The number of nitrogens with zero attached hydrogens (tertiary/aromatic N) is 4. The van der Waals surface area contributed by atoms with E-state index in [1.165, 1.54) is 50.8 Å². The summed E-state index contributed by atoms with van der Waals surface area (Å²) in [6, 6.07) is 0. The van der Waals surface area contributed by atoms with Gasteiger partial charge in [0.05, 0.1) is 0 Å². The van der Waals surface area contributed by atoms with Crippen LogP contribution in [0.4, 0.5) is 0 Å². The number of hydrogen-bond acceptors (Lipinski definition) is 3. The van der Waals surface area contributed by atoms with E-state index in [0.29, 0.717) is 18.2 Å². The Morgan fingerprint density at radius 2 is 1.92 bits per heavy atom. The number of imidazole rings is 1. The number of likely N-dealkylation sites (tertiary alicyclic amines) is 2. The molecule has 0 radical (unpaired) electrons. The average Bonchev–Trinajstić information content (AvgIpc) is 3.27. The Balaban J connectivity index is 1.30. The van der Waals surface area contributed by atoms with Gasteiger partial charge in [-0.3, -0.25) is 4.79 Å². The topological polar surface area (TPSA) is 41.4 Å². The van der Waals surface area contributed by atoms with Crippen LogP contribution in [0.15, 0.2) is 12.4 Å². The van der Waals surface area contributed by atoms with E-state index in [1.807, 2.05) is 11.1 Å². The van der Waals surface area contributed by atoms with Crippen molar-refractivity contribution < 1.29 is 4.79 Å².